The number of rotatable bonds is 8. The van der Waals surface area contributed by atoms with Crippen molar-refractivity contribution >= 4 is 35.8 Å². The number of nitrogens with one attached hydrogen (secondary N) is 3. The zero-order chi connectivity index (χ0) is 18.6. The van der Waals surface area contributed by atoms with Crippen LogP contribution in [0, 0.1) is 0 Å². The van der Waals surface area contributed by atoms with Gasteiger partial charge in [-0.1, -0.05) is 17.7 Å². The second-order valence-electron chi connectivity index (χ2n) is 6.27. The Morgan fingerprint density at radius 1 is 1.15 bits per heavy atom. The SMILES string of the molecule is CN=C(NCCNC(=O)c1cccc(OC)c1)NCCC1=CCCCC1.I. The highest BCUT2D eigenvalue weighted by atomic mass is 127. The molecule has 0 atom stereocenters. The van der Waals surface area contributed by atoms with E-state index in [0.29, 0.717) is 24.4 Å². The van der Waals surface area contributed by atoms with E-state index in [-0.39, 0.29) is 29.9 Å². The van der Waals surface area contributed by atoms with E-state index in [9.17, 15) is 4.79 Å². The van der Waals surface area contributed by atoms with E-state index in [0.717, 1.165) is 18.9 Å². The van der Waals surface area contributed by atoms with Crippen LogP contribution in [0.25, 0.3) is 0 Å². The van der Waals surface area contributed by atoms with Crippen LogP contribution in [0.2, 0.25) is 0 Å². The van der Waals surface area contributed by atoms with Gasteiger partial charge in [-0.2, -0.15) is 0 Å². The topological polar surface area (TPSA) is 74.8 Å². The first-order valence-corrected chi connectivity index (χ1v) is 9.27. The Morgan fingerprint density at radius 3 is 2.63 bits per heavy atom. The molecule has 2 rings (SSSR count). The number of guanidine groups is 1. The maximum Gasteiger partial charge on any atom is 0.251 e. The molecule has 0 bridgehead atoms. The minimum absolute atomic E-state index is 0. The summed E-state index contributed by atoms with van der Waals surface area (Å²) in [6.07, 6.45) is 8.51. The number of carbonyl (C=O) groups excluding carboxylic acids is 1. The van der Waals surface area contributed by atoms with Gasteiger partial charge in [0.25, 0.3) is 5.91 Å². The van der Waals surface area contributed by atoms with Crippen molar-refractivity contribution in [3.8, 4) is 5.75 Å². The average molecular weight is 486 g/mol. The number of hydrogen-bond donors (Lipinski definition) is 3. The molecule has 0 heterocycles. The maximum absolute atomic E-state index is 12.1. The van der Waals surface area contributed by atoms with E-state index in [4.69, 9.17) is 4.74 Å². The van der Waals surface area contributed by atoms with Gasteiger partial charge >= 0.3 is 0 Å². The van der Waals surface area contributed by atoms with Crippen molar-refractivity contribution < 1.29 is 9.53 Å². The van der Waals surface area contributed by atoms with E-state index >= 15 is 0 Å². The van der Waals surface area contributed by atoms with Crippen LogP contribution in [0.15, 0.2) is 40.9 Å². The molecule has 27 heavy (non-hydrogen) atoms. The Morgan fingerprint density at radius 2 is 1.93 bits per heavy atom. The largest absolute Gasteiger partial charge is 0.497 e. The van der Waals surface area contributed by atoms with Crippen molar-refractivity contribution in [2.24, 2.45) is 4.99 Å². The molecule has 1 aliphatic carbocycles. The minimum atomic E-state index is -0.113. The molecule has 0 saturated heterocycles. The van der Waals surface area contributed by atoms with E-state index in [1.165, 1.54) is 25.7 Å². The van der Waals surface area contributed by atoms with Gasteiger partial charge in [-0.15, -0.1) is 24.0 Å². The van der Waals surface area contributed by atoms with Crippen molar-refractivity contribution in [1.82, 2.24) is 16.0 Å². The van der Waals surface area contributed by atoms with Gasteiger partial charge in [-0.3, -0.25) is 9.79 Å². The monoisotopic (exact) mass is 486 g/mol. The number of aliphatic imine (C=N–C) groups is 1. The van der Waals surface area contributed by atoms with Gasteiger partial charge in [-0.05, 0) is 50.3 Å². The molecule has 0 fully saturated rings. The molecule has 0 spiro atoms. The average Bonchev–Trinajstić information content (AvgIpc) is 2.70. The van der Waals surface area contributed by atoms with Gasteiger partial charge in [-0.25, -0.2) is 0 Å². The Balaban J connectivity index is 0.00000364. The molecular formula is C20H31IN4O2. The summed E-state index contributed by atoms with van der Waals surface area (Å²) in [7, 11) is 3.34. The molecule has 1 aromatic rings. The summed E-state index contributed by atoms with van der Waals surface area (Å²) in [6, 6.07) is 7.12. The molecular weight excluding hydrogens is 455 g/mol. The Labute approximate surface area is 179 Å². The highest BCUT2D eigenvalue weighted by Gasteiger charge is 2.06. The molecule has 0 unspecified atom stereocenters. The summed E-state index contributed by atoms with van der Waals surface area (Å²) >= 11 is 0. The third-order valence-electron chi connectivity index (χ3n) is 4.38. The van der Waals surface area contributed by atoms with Crippen LogP contribution in [0.4, 0.5) is 0 Å². The number of benzene rings is 1. The fourth-order valence-corrected chi connectivity index (χ4v) is 2.92. The Bertz CT molecular complexity index is 647. The van der Waals surface area contributed by atoms with Crippen molar-refractivity contribution in [2.45, 2.75) is 32.1 Å². The first-order chi connectivity index (χ1) is 12.7. The van der Waals surface area contributed by atoms with Crippen molar-refractivity contribution in [3.05, 3.63) is 41.5 Å². The molecule has 0 saturated carbocycles. The number of hydrogen-bond acceptors (Lipinski definition) is 3. The molecule has 150 valence electrons. The molecule has 0 radical (unpaired) electrons. The van der Waals surface area contributed by atoms with Crippen molar-refractivity contribution in [3.63, 3.8) is 0 Å². The van der Waals surface area contributed by atoms with E-state index in [1.807, 2.05) is 6.07 Å². The molecule has 0 aromatic heterocycles. The number of methoxy groups -OCH3 is 1. The normalized spacial score (nSPS) is 13.9. The van der Waals surface area contributed by atoms with Crippen LogP contribution < -0.4 is 20.7 Å². The lowest BCUT2D eigenvalue weighted by molar-refractivity contribution is 0.0954. The van der Waals surface area contributed by atoms with Gasteiger partial charge < -0.3 is 20.7 Å². The lowest BCUT2D eigenvalue weighted by Gasteiger charge is -2.15. The van der Waals surface area contributed by atoms with Crippen LogP contribution in [-0.4, -0.2) is 45.7 Å². The van der Waals surface area contributed by atoms with Gasteiger partial charge in [0.1, 0.15) is 5.75 Å². The molecule has 1 aromatic carbocycles. The minimum Gasteiger partial charge on any atom is -0.497 e. The predicted octanol–water partition coefficient (Wildman–Crippen LogP) is 3.10. The Kier molecular flexibility index (Phi) is 11.6. The highest BCUT2D eigenvalue weighted by Crippen LogP contribution is 2.19. The number of carbonyl (C=O) groups is 1. The summed E-state index contributed by atoms with van der Waals surface area (Å²) in [4.78, 5) is 16.3. The summed E-state index contributed by atoms with van der Waals surface area (Å²) in [5, 5.41) is 9.43. The lowest BCUT2D eigenvalue weighted by Crippen LogP contribution is -2.41. The second kappa shape index (κ2) is 13.4. The summed E-state index contributed by atoms with van der Waals surface area (Å²) < 4.78 is 5.14. The first-order valence-electron chi connectivity index (χ1n) is 9.27. The van der Waals surface area contributed by atoms with Crippen molar-refractivity contribution in [1.29, 1.82) is 0 Å². The van der Waals surface area contributed by atoms with Gasteiger partial charge in [0.2, 0.25) is 0 Å². The van der Waals surface area contributed by atoms with Gasteiger partial charge in [0.05, 0.1) is 7.11 Å². The standard InChI is InChI=1S/C20H30N4O2.HI/c1-21-20(23-12-11-16-7-4-3-5-8-16)24-14-13-22-19(25)17-9-6-10-18(15-17)26-2;/h6-7,9-10,15H,3-5,8,11-14H2,1-2H3,(H,22,25)(H2,21,23,24);1H. The van der Waals surface area contributed by atoms with Crippen LogP contribution in [0.5, 0.6) is 5.75 Å². The quantitative estimate of drug-likeness (QED) is 0.174. The third kappa shape index (κ3) is 8.64. The summed E-state index contributed by atoms with van der Waals surface area (Å²) in [6.45, 7) is 2.00. The first kappa shape index (κ1) is 23.3. The third-order valence-corrected chi connectivity index (χ3v) is 4.38. The molecule has 1 aliphatic rings. The fraction of sp³-hybridized carbons (Fsp3) is 0.500. The molecule has 7 heteroatoms. The molecule has 0 aliphatic heterocycles. The number of amides is 1. The number of allylic oxidation sites excluding steroid dienone is 1. The smallest absolute Gasteiger partial charge is 0.251 e. The second-order valence-corrected chi connectivity index (χ2v) is 6.27. The molecule has 3 N–H and O–H groups in total. The number of nitrogens with zero attached hydrogens (tertiary/aromatic N) is 1. The highest BCUT2D eigenvalue weighted by molar-refractivity contribution is 14.0. The van der Waals surface area contributed by atoms with Gasteiger partial charge in [0.15, 0.2) is 5.96 Å². The zero-order valence-electron chi connectivity index (χ0n) is 16.2. The van der Waals surface area contributed by atoms with E-state index in [2.05, 4.69) is 27.0 Å². The van der Waals surface area contributed by atoms with Gasteiger partial charge in [0, 0.05) is 32.2 Å². The molecule has 1 amide bonds. The predicted molar refractivity (Wildman–Crippen MR) is 121 cm³/mol. The summed E-state index contributed by atoms with van der Waals surface area (Å²) in [5.74, 6) is 1.32. The fourth-order valence-electron chi connectivity index (χ4n) is 2.92. The van der Waals surface area contributed by atoms with Crippen molar-refractivity contribution in [2.75, 3.05) is 33.8 Å². The summed E-state index contributed by atoms with van der Waals surface area (Å²) in [5.41, 5.74) is 2.14. The van der Waals surface area contributed by atoms with Crippen LogP contribution >= 0.6 is 24.0 Å². The Hall–Kier alpha value is -1.77. The van der Waals surface area contributed by atoms with Crippen LogP contribution in [0.3, 0.4) is 0 Å². The van der Waals surface area contributed by atoms with Crippen LogP contribution in [-0.2, 0) is 0 Å². The molecule has 6 nitrogen and oxygen atoms in total. The van der Waals surface area contributed by atoms with E-state index < -0.39 is 0 Å². The zero-order valence-corrected chi connectivity index (χ0v) is 18.5. The van der Waals surface area contributed by atoms with Crippen LogP contribution in [0.1, 0.15) is 42.5 Å². The number of halogens is 1. The number of ether oxygens (including phenoxy) is 1. The van der Waals surface area contributed by atoms with E-state index in [1.54, 1.807) is 37.9 Å². The maximum atomic E-state index is 12.1. The lowest BCUT2D eigenvalue weighted by atomic mass is 9.97.